The van der Waals surface area contributed by atoms with Gasteiger partial charge in [-0.15, -0.1) is 0 Å². The molecule has 0 aliphatic carbocycles. The molecular weight excluding hydrogens is 447 g/mol. The summed E-state index contributed by atoms with van der Waals surface area (Å²) in [5.41, 5.74) is 0.728. The third-order valence-electron chi connectivity index (χ3n) is 4.47. The molecule has 0 atom stereocenters. The van der Waals surface area contributed by atoms with E-state index in [4.69, 9.17) is 39.5 Å². The highest BCUT2D eigenvalue weighted by Gasteiger charge is 2.34. The van der Waals surface area contributed by atoms with Crippen molar-refractivity contribution in [3.8, 4) is 0 Å². The molecule has 0 radical (unpaired) electrons. The minimum Gasteiger partial charge on any atom is -0.461 e. The zero-order chi connectivity index (χ0) is 20.3. The topological polar surface area (TPSA) is 76.6 Å². The average Bonchev–Trinajstić information content (AvgIpc) is 2.67. The van der Waals surface area contributed by atoms with Gasteiger partial charge in [-0.1, -0.05) is 46.9 Å². The van der Waals surface area contributed by atoms with Crippen LogP contribution in [0.3, 0.4) is 0 Å². The number of carbonyl (C=O) groups excluding carboxylic acids is 1. The SMILES string of the molecule is O=C(OCc1ccc(Cl)nc1)C1CCN(S(=O)(=O)c2c(Cl)cccc2Cl)CC1. The molecule has 0 bridgehead atoms. The number of hydrogen-bond donors (Lipinski definition) is 0. The molecular formula is C18H17Cl3N2O4S. The molecule has 6 nitrogen and oxygen atoms in total. The molecule has 1 aromatic heterocycles. The second-order valence-electron chi connectivity index (χ2n) is 6.33. The third kappa shape index (κ3) is 4.78. The number of carbonyl (C=O) groups is 1. The Morgan fingerprint density at radius 1 is 1.11 bits per heavy atom. The van der Waals surface area contributed by atoms with Crippen LogP contribution in [-0.4, -0.2) is 36.8 Å². The van der Waals surface area contributed by atoms with Crippen LogP contribution in [-0.2, 0) is 26.2 Å². The van der Waals surface area contributed by atoms with Crippen molar-refractivity contribution in [2.75, 3.05) is 13.1 Å². The normalized spacial score (nSPS) is 16.1. The lowest BCUT2D eigenvalue weighted by atomic mass is 9.98. The number of piperidine rings is 1. The fourth-order valence-electron chi connectivity index (χ4n) is 2.95. The van der Waals surface area contributed by atoms with Gasteiger partial charge in [-0.05, 0) is 31.0 Å². The Balaban J connectivity index is 1.59. The summed E-state index contributed by atoms with van der Waals surface area (Å²) in [4.78, 5) is 16.1. The maximum atomic E-state index is 12.9. The lowest BCUT2D eigenvalue weighted by Gasteiger charge is -2.30. The minimum absolute atomic E-state index is 0.0746. The van der Waals surface area contributed by atoms with Crippen molar-refractivity contribution >= 4 is 50.8 Å². The number of aromatic nitrogens is 1. The van der Waals surface area contributed by atoms with Gasteiger partial charge in [0.15, 0.2) is 0 Å². The largest absolute Gasteiger partial charge is 0.461 e. The van der Waals surface area contributed by atoms with Gasteiger partial charge in [0.1, 0.15) is 16.7 Å². The maximum Gasteiger partial charge on any atom is 0.309 e. The molecule has 0 saturated carbocycles. The maximum absolute atomic E-state index is 12.9. The first kappa shape index (κ1) is 21.3. The Kier molecular flexibility index (Phi) is 6.83. The van der Waals surface area contributed by atoms with Gasteiger partial charge in [0.25, 0.3) is 0 Å². The predicted octanol–water partition coefficient (Wildman–Crippen LogP) is 4.19. The first-order valence-corrected chi connectivity index (χ1v) is 11.1. The van der Waals surface area contributed by atoms with Crippen molar-refractivity contribution in [2.45, 2.75) is 24.3 Å². The molecule has 2 heterocycles. The van der Waals surface area contributed by atoms with E-state index in [0.29, 0.717) is 18.0 Å². The molecule has 0 unspecified atom stereocenters. The van der Waals surface area contributed by atoms with Crippen LogP contribution in [0.5, 0.6) is 0 Å². The average molecular weight is 464 g/mol. The Bertz CT molecular complexity index is 939. The quantitative estimate of drug-likeness (QED) is 0.491. The lowest BCUT2D eigenvalue weighted by Crippen LogP contribution is -2.40. The fraction of sp³-hybridized carbons (Fsp3) is 0.333. The molecule has 1 aliphatic heterocycles. The zero-order valence-electron chi connectivity index (χ0n) is 14.6. The van der Waals surface area contributed by atoms with Crippen LogP contribution in [0.25, 0.3) is 0 Å². The van der Waals surface area contributed by atoms with Crippen LogP contribution in [0.1, 0.15) is 18.4 Å². The number of halogens is 3. The van der Waals surface area contributed by atoms with Crippen molar-refractivity contribution < 1.29 is 17.9 Å². The molecule has 1 aromatic carbocycles. The molecule has 150 valence electrons. The van der Waals surface area contributed by atoms with E-state index in [1.165, 1.54) is 22.6 Å². The van der Waals surface area contributed by atoms with Crippen molar-refractivity contribution in [1.29, 1.82) is 0 Å². The van der Waals surface area contributed by atoms with Gasteiger partial charge in [-0.25, -0.2) is 13.4 Å². The molecule has 0 spiro atoms. The smallest absolute Gasteiger partial charge is 0.309 e. The summed E-state index contributed by atoms with van der Waals surface area (Å²) in [6.45, 7) is 0.467. The van der Waals surface area contributed by atoms with Crippen molar-refractivity contribution in [1.82, 2.24) is 9.29 Å². The molecule has 3 rings (SSSR count). The number of hydrogen-bond acceptors (Lipinski definition) is 5. The highest BCUT2D eigenvalue weighted by Crippen LogP contribution is 2.33. The lowest BCUT2D eigenvalue weighted by molar-refractivity contribution is -0.151. The standard InChI is InChI=1S/C18H17Cl3N2O4S/c19-14-2-1-3-15(20)17(14)28(25,26)23-8-6-13(7-9-23)18(24)27-11-12-4-5-16(21)22-10-12/h1-5,10,13H,6-9,11H2. The number of sulfonamides is 1. The van der Waals surface area contributed by atoms with Crippen LogP contribution in [0.4, 0.5) is 0 Å². The fourth-order valence-corrected chi connectivity index (χ4v) is 5.63. The van der Waals surface area contributed by atoms with E-state index in [0.717, 1.165) is 5.56 Å². The molecule has 1 saturated heterocycles. The summed E-state index contributed by atoms with van der Waals surface area (Å²) < 4.78 is 32.4. The second-order valence-corrected chi connectivity index (χ2v) is 9.40. The summed E-state index contributed by atoms with van der Waals surface area (Å²) in [5, 5.41) is 0.512. The number of benzene rings is 1. The van der Waals surface area contributed by atoms with Gasteiger partial charge in [-0.3, -0.25) is 4.79 Å². The van der Waals surface area contributed by atoms with Crippen LogP contribution in [0, 0.1) is 5.92 Å². The van der Waals surface area contributed by atoms with Gasteiger partial charge in [0.05, 0.1) is 16.0 Å². The number of ether oxygens (including phenoxy) is 1. The Morgan fingerprint density at radius 3 is 2.32 bits per heavy atom. The highest BCUT2D eigenvalue weighted by atomic mass is 35.5. The molecule has 1 aliphatic rings. The number of rotatable bonds is 5. The van der Waals surface area contributed by atoms with Gasteiger partial charge in [0, 0.05) is 24.8 Å². The van der Waals surface area contributed by atoms with Gasteiger partial charge >= 0.3 is 5.97 Å². The predicted molar refractivity (Wildman–Crippen MR) is 107 cm³/mol. The van der Waals surface area contributed by atoms with Crippen molar-refractivity contribution in [2.24, 2.45) is 5.92 Å². The molecule has 0 N–H and O–H groups in total. The number of pyridine rings is 1. The van der Waals surface area contributed by atoms with Gasteiger partial charge in [0.2, 0.25) is 10.0 Å². The molecule has 28 heavy (non-hydrogen) atoms. The third-order valence-corrected chi connectivity index (χ3v) is 7.55. The highest BCUT2D eigenvalue weighted by molar-refractivity contribution is 7.89. The summed E-state index contributed by atoms with van der Waals surface area (Å²) in [5.74, 6) is -0.726. The van der Waals surface area contributed by atoms with Crippen LogP contribution >= 0.6 is 34.8 Å². The van der Waals surface area contributed by atoms with Gasteiger partial charge < -0.3 is 4.74 Å². The van der Waals surface area contributed by atoms with Crippen molar-refractivity contribution in [3.05, 3.63) is 57.3 Å². The monoisotopic (exact) mass is 462 g/mol. The molecule has 1 fully saturated rings. The van der Waals surface area contributed by atoms with E-state index < -0.39 is 10.0 Å². The number of nitrogens with zero attached hydrogens (tertiary/aromatic N) is 2. The van der Waals surface area contributed by atoms with E-state index >= 15 is 0 Å². The number of esters is 1. The van der Waals surface area contributed by atoms with Crippen LogP contribution in [0.15, 0.2) is 41.4 Å². The minimum atomic E-state index is -3.84. The van der Waals surface area contributed by atoms with Gasteiger partial charge in [-0.2, -0.15) is 4.31 Å². The second kappa shape index (κ2) is 8.97. The molecule has 2 aromatic rings. The van der Waals surface area contributed by atoms with E-state index in [9.17, 15) is 13.2 Å². The van der Waals surface area contributed by atoms with Crippen molar-refractivity contribution in [3.63, 3.8) is 0 Å². The molecule has 0 amide bonds. The van der Waals surface area contributed by atoms with Crippen LogP contribution in [0.2, 0.25) is 15.2 Å². The van der Waals surface area contributed by atoms with Crippen LogP contribution < -0.4 is 0 Å². The van der Waals surface area contributed by atoms with E-state index in [2.05, 4.69) is 4.98 Å². The van der Waals surface area contributed by atoms with E-state index in [1.807, 2.05) is 0 Å². The first-order valence-electron chi connectivity index (χ1n) is 8.50. The summed E-state index contributed by atoms with van der Waals surface area (Å²) in [6, 6.07) is 7.90. The molecule has 10 heteroatoms. The Morgan fingerprint density at radius 2 is 1.75 bits per heavy atom. The first-order chi connectivity index (χ1) is 13.3. The summed E-state index contributed by atoms with van der Waals surface area (Å²) >= 11 is 17.8. The van der Waals surface area contributed by atoms with E-state index in [-0.39, 0.29) is 46.5 Å². The van der Waals surface area contributed by atoms with E-state index in [1.54, 1.807) is 18.2 Å². The summed E-state index contributed by atoms with van der Waals surface area (Å²) in [6.07, 6.45) is 2.26. The summed E-state index contributed by atoms with van der Waals surface area (Å²) in [7, 11) is -3.84. The Labute approximate surface area is 178 Å². The zero-order valence-corrected chi connectivity index (χ0v) is 17.7. The Hall–Kier alpha value is -1.38.